The molecule has 1 atom stereocenters. The number of carbonyl (C=O) groups excluding carboxylic acids is 1. The summed E-state index contributed by atoms with van der Waals surface area (Å²) in [5.41, 5.74) is 8.63. The normalized spacial score (nSPS) is 15.3. The van der Waals surface area contributed by atoms with E-state index in [1.807, 2.05) is 30.0 Å². The second-order valence-corrected chi connectivity index (χ2v) is 10.9. The summed E-state index contributed by atoms with van der Waals surface area (Å²) in [6, 6.07) is 16.7. The Balaban J connectivity index is 0.00000336. The Hall–Kier alpha value is -2.12. The van der Waals surface area contributed by atoms with Gasteiger partial charge in [-0.1, -0.05) is 18.2 Å². The second-order valence-electron chi connectivity index (χ2n) is 9.89. The molecule has 1 unspecified atom stereocenters. The number of ether oxygens (including phenoxy) is 3. The van der Waals surface area contributed by atoms with Crippen molar-refractivity contribution < 1.29 is 53.7 Å². The molecule has 5 rings (SSSR count). The molecular weight excluding hydrogens is 507 g/mol. The molecule has 0 spiro atoms. The molecule has 0 N–H and O–H groups in total. The summed E-state index contributed by atoms with van der Waals surface area (Å²) in [7, 11) is 0. The van der Waals surface area contributed by atoms with E-state index in [1.54, 1.807) is 0 Å². The number of carboxylic acids is 1. The van der Waals surface area contributed by atoms with Gasteiger partial charge in [-0.25, -0.2) is 0 Å². The largest absolute Gasteiger partial charge is 1.00 e. The van der Waals surface area contributed by atoms with E-state index >= 15 is 0 Å². The van der Waals surface area contributed by atoms with Gasteiger partial charge in [0.1, 0.15) is 23.9 Å². The Bertz CT molecular complexity index is 1290. The third-order valence-corrected chi connectivity index (χ3v) is 7.87. The number of aryl methyl sites for hydroxylation is 3. The molecule has 2 aliphatic rings. The Labute approximate surface area is 251 Å². The predicted octanol–water partition coefficient (Wildman–Crippen LogP) is 2.48. The first-order chi connectivity index (χ1) is 18.0. The van der Waals surface area contributed by atoms with Crippen LogP contribution in [0.25, 0.3) is 11.1 Å². The first-order valence-electron chi connectivity index (χ1n) is 13.0. The van der Waals surface area contributed by atoms with Crippen LogP contribution in [0, 0.1) is 6.92 Å². The molecule has 1 heterocycles. The number of carbonyl (C=O) groups is 1. The first-order valence-corrected chi connectivity index (χ1v) is 14.4. The van der Waals surface area contributed by atoms with Gasteiger partial charge in [0.2, 0.25) is 0 Å². The molecule has 1 aliphatic heterocycles. The zero-order valence-corrected chi connectivity index (χ0v) is 25.3. The molecule has 0 radical (unpaired) electrons. The van der Waals surface area contributed by atoms with Gasteiger partial charge in [-0.2, -0.15) is 11.8 Å². The van der Waals surface area contributed by atoms with Gasteiger partial charge < -0.3 is 24.1 Å². The number of hydrogen-bond acceptors (Lipinski definition) is 6. The molecule has 0 saturated heterocycles. The molecule has 0 fully saturated rings. The van der Waals surface area contributed by atoms with Crippen molar-refractivity contribution in [3.8, 4) is 28.4 Å². The van der Waals surface area contributed by atoms with Crippen LogP contribution in [0.5, 0.6) is 17.2 Å². The minimum Gasteiger partial charge on any atom is -0.550 e. The van der Waals surface area contributed by atoms with Crippen molar-refractivity contribution in [1.29, 1.82) is 0 Å². The third kappa shape index (κ3) is 6.71. The van der Waals surface area contributed by atoms with Crippen LogP contribution in [-0.2, 0) is 24.2 Å². The van der Waals surface area contributed by atoms with E-state index in [9.17, 15) is 9.90 Å². The molecule has 3 aromatic rings. The molecule has 194 valence electrons. The summed E-state index contributed by atoms with van der Waals surface area (Å²) < 4.78 is 17.9. The molecule has 3 aromatic carbocycles. The predicted molar refractivity (Wildman–Crippen MR) is 146 cm³/mol. The molecule has 38 heavy (non-hydrogen) atoms. The minimum atomic E-state index is -1.06. The standard InChI is InChI=1S/C31H34O5S.Na/c1-20-13-26(34-11-4-12-37-2)15-23-6-3-5-22-8-7-21(14-28(22)31(20)23)18-35-25-9-10-27-24(16-30(32)33)19-36-29(27)17-25;/h7-10,13-15,17,24H,3-6,11-12,16,18-19H2,1-2H3,(H,32,33);/q;+1/p-1. The van der Waals surface area contributed by atoms with E-state index in [-0.39, 0.29) is 41.9 Å². The smallest absolute Gasteiger partial charge is 0.550 e. The number of thioether (sulfide) groups is 1. The minimum absolute atomic E-state index is 0. The van der Waals surface area contributed by atoms with E-state index in [0.717, 1.165) is 54.9 Å². The van der Waals surface area contributed by atoms with Crippen LogP contribution in [0.1, 0.15) is 53.0 Å². The summed E-state index contributed by atoms with van der Waals surface area (Å²) in [5, 5.41) is 11.0. The SMILES string of the molecule is CSCCCOc1cc(C)c2c(c1)CCCc1ccc(COc3ccc4c(c3)OCC4CC(=O)[O-])cc1-2.[Na+]. The van der Waals surface area contributed by atoms with E-state index in [1.165, 1.54) is 27.8 Å². The van der Waals surface area contributed by atoms with E-state index in [4.69, 9.17) is 14.2 Å². The molecule has 0 amide bonds. The van der Waals surface area contributed by atoms with Crippen LogP contribution in [0.2, 0.25) is 0 Å². The fourth-order valence-electron chi connectivity index (χ4n) is 5.40. The number of fused-ring (bicyclic) bond motifs is 4. The van der Waals surface area contributed by atoms with Crippen molar-refractivity contribution in [3.05, 3.63) is 76.3 Å². The van der Waals surface area contributed by atoms with Crippen LogP contribution in [-0.4, -0.2) is 31.2 Å². The number of rotatable bonds is 10. The second kappa shape index (κ2) is 13.3. The summed E-state index contributed by atoms with van der Waals surface area (Å²) in [4.78, 5) is 11.0. The van der Waals surface area contributed by atoms with Crippen LogP contribution >= 0.6 is 11.8 Å². The number of hydrogen-bond donors (Lipinski definition) is 0. The Morgan fingerprint density at radius 2 is 1.89 bits per heavy atom. The fourth-order valence-corrected chi connectivity index (χ4v) is 5.81. The quantitative estimate of drug-likeness (QED) is 0.291. The maximum atomic E-state index is 11.0. The summed E-state index contributed by atoms with van der Waals surface area (Å²) in [6.45, 7) is 3.74. The van der Waals surface area contributed by atoms with Crippen LogP contribution < -0.4 is 48.9 Å². The van der Waals surface area contributed by atoms with E-state index < -0.39 is 5.97 Å². The maximum absolute atomic E-state index is 11.0. The van der Waals surface area contributed by atoms with Gasteiger partial charge >= 0.3 is 29.6 Å². The number of carboxylic acid groups (broad SMARTS) is 1. The number of aliphatic carboxylic acids is 1. The Kier molecular flexibility index (Phi) is 10.1. The van der Waals surface area contributed by atoms with Crippen molar-refractivity contribution in [1.82, 2.24) is 0 Å². The van der Waals surface area contributed by atoms with Crippen molar-refractivity contribution >= 4 is 17.7 Å². The Morgan fingerprint density at radius 1 is 1.05 bits per heavy atom. The zero-order chi connectivity index (χ0) is 25.8. The Morgan fingerprint density at radius 3 is 2.71 bits per heavy atom. The van der Waals surface area contributed by atoms with Gasteiger partial charge in [-0.05, 0) is 109 Å². The van der Waals surface area contributed by atoms with E-state index in [2.05, 4.69) is 43.5 Å². The van der Waals surface area contributed by atoms with Crippen molar-refractivity contribution in [3.63, 3.8) is 0 Å². The molecule has 1 aliphatic carbocycles. The van der Waals surface area contributed by atoms with Gasteiger partial charge in [0.15, 0.2) is 0 Å². The monoisotopic (exact) mass is 540 g/mol. The molecule has 0 bridgehead atoms. The van der Waals surface area contributed by atoms with Crippen LogP contribution in [0.15, 0.2) is 48.5 Å². The average Bonchev–Trinajstić information content (AvgIpc) is 3.16. The van der Waals surface area contributed by atoms with Crippen molar-refractivity contribution in [2.45, 2.75) is 51.6 Å². The first kappa shape index (κ1) is 28.9. The summed E-state index contributed by atoms with van der Waals surface area (Å²) in [6.07, 6.45) is 6.38. The number of benzene rings is 3. The molecule has 5 nitrogen and oxygen atoms in total. The van der Waals surface area contributed by atoms with Gasteiger partial charge in [0.05, 0.1) is 13.2 Å². The molecule has 7 heteroatoms. The third-order valence-electron chi connectivity index (χ3n) is 7.17. The van der Waals surface area contributed by atoms with Gasteiger partial charge in [-0.15, -0.1) is 0 Å². The van der Waals surface area contributed by atoms with Crippen LogP contribution in [0.4, 0.5) is 0 Å². The maximum Gasteiger partial charge on any atom is 1.00 e. The summed E-state index contributed by atoms with van der Waals surface area (Å²) >= 11 is 1.85. The van der Waals surface area contributed by atoms with E-state index in [0.29, 0.717) is 24.7 Å². The van der Waals surface area contributed by atoms with Gasteiger partial charge in [-0.3, -0.25) is 0 Å². The van der Waals surface area contributed by atoms with Crippen LogP contribution in [0.3, 0.4) is 0 Å². The average molecular weight is 541 g/mol. The van der Waals surface area contributed by atoms with Crippen molar-refractivity contribution in [2.75, 3.05) is 25.2 Å². The van der Waals surface area contributed by atoms with Crippen molar-refractivity contribution in [2.24, 2.45) is 0 Å². The molecule has 0 saturated carbocycles. The van der Waals surface area contributed by atoms with Gasteiger partial charge in [0, 0.05) is 23.5 Å². The zero-order valence-electron chi connectivity index (χ0n) is 22.5. The molecular formula is C31H33NaO5S. The summed E-state index contributed by atoms with van der Waals surface area (Å²) in [5.74, 6) is 2.27. The van der Waals surface area contributed by atoms with Gasteiger partial charge in [0.25, 0.3) is 0 Å². The fraction of sp³-hybridized carbons (Fsp3) is 0.387. The topological polar surface area (TPSA) is 67.8 Å². The molecule has 0 aromatic heterocycles.